The number of ether oxygens (including phenoxy) is 1. The van der Waals surface area contributed by atoms with E-state index in [-0.39, 0.29) is 6.04 Å². The highest BCUT2D eigenvalue weighted by Gasteiger charge is 2.20. The molecule has 1 unspecified atom stereocenters. The Bertz CT molecular complexity index is 567. The van der Waals surface area contributed by atoms with E-state index in [1.807, 2.05) is 49.1 Å². The number of likely N-dealkylation sites (N-methyl/N-ethyl adjacent to an activating group) is 1. The molecule has 21 heavy (non-hydrogen) atoms. The van der Waals surface area contributed by atoms with E-state index >= 15 is 0 Å². The third-order valence-electron chi connectivity index (χ3n) is 3.64. The number of aryl methyl sites for hydroxylation is 1. The van der Waals surface area contributed by atoms with Crippen molar-refractivity contribution in [2.45, 2.75) is 19.5 Å². The Morgan fingerprint density at radius 1 is 1.38 bits per heavy atom. The Morgan fingerprint density at radius 3 is 2.76 bits per heavy atom. The fraction of sp³-hybridized carbons (Fsp3) is 0.438. The third kappa shape index (κ3) is 3.62. The van der Waals surface area contributed by atoms with Gasteiger partial charge in [-0.1, -0.05) is 18.2 Å². The van der Waals surface area contributed by atoms with E-state index in [0.29, 0.717) is 13.2 Å². The Hall–Kier alpha value is -1.85. The van der Waals surface area contributed by atoms with Crippen molar-refractivity contribution in [2.75, 3.05) is 20.2 Å². The molecule has 1 aromatic heterocycles. The number of para-hydroxylation sites is 1. The van der Waals surface area contributed by atoms with Crippen molar-refractivity contribution in [3.8, 4) is 5.75 Å². The molecule has 0 fully saturated rings. The van der Waals surface area contributed by atoms with Gasteiger partial charge in [0.1, 0.15) is 11.6 Å². The number of nitrogens with two attached hydrogens (primary N) is 1. The second kappa shape index (κ2) is 7.24. The zero-order chi connectivity index (χ0) is 15.2. The maximum atomic E-state index is 6.01. The molecule has 0 aliphatic rings. The van der Waals surface area contributed by atoms with Gasteiger partial charge in [0.05, 0.1) is 19.2 Å². The minimum Gasteiger partial charge on any atom is -0.494 e. The van der Waals surface area contributed by atoms with Crippen molar-refractivity contribution in [2.24, 2.45) is 12.8 Å². The molecule has 0 aliphatic carbocycles. The van der Waals surface area contributed by atoms with E-state index in [4.69, 9.17) is 10.5 Å². The number of imidazole rings is 1. The Balaban J connectivity index is 2.21. The van der Waals surface area contributed by atoms with Crippen LogP contribution < -0.4 is 10.5 Å². The molecule has 1 atom stereocenters. The van der Waals surface area contributed by atoms with E-state index in [1.54, 1.807) is 0 Å². The lowest BCUT2D eigenvalue weighted by Gasteiger charge is -2.28. The molecule has 0 radical (unpaired) electrons. The monoisotopic (exact) mass is 288 g/mol. The molecule has 2 N–H and O–H groups in total. The summed E-state index contributed by atoms with van der Waals surface area (Å²) in [5.74, 6) is 1.92. The van der Waals surface area contributed by atoms with Gasteiger partial charge in [0.15, 0.2) is 0 Å². The highest BCUT2D eigenvalue weighted by atomic mass is 16.5. The van der Waals surface area contributed by atoms with Crippen LogP contribution in [-0.2, 0) is 13.6 Å². The van der Waals surface area contributed by atoms with Crippen LogP contribution in [0.3, 0.4) is 0 Å². The van der Waals surface area contributed by atoms with Gasteiger partial charge in [-0.05, 0) is 20.0 Å². The minimum absolute atomic E-state index is 0.101. The summed E-state index contributed by atoms with van der Waals surface area (Å²) in [5, 5.41) is 0. The second-order valence-corrected chi connectivity index (χ2v) is 5.09. The maximum absolute atomic E-state index is 6.01. The lowest BCUT2D eigenvalue weighted by Crippen LogP contribution is -2.31. The van der Waals surface area contributed by atoms with Gasteiger partial charge < -0.3 is 15.0 Å². The van der Waals surface area contributed by atoms with Crippen molar-refractivity contribution in [1.82, 2.24) is 14.5 Å². The number of hydrogen-bond acceptors (Lipinski definition) is 4. The number of aromatic nitrogens is 2. The van der Waals surface area contributed by atoms with Crippen molar-refractivity contribution >= 4 is 0 Å². The quantitative estimate of drug-likeness (QED) is 0.846. The lowest BCUT2D eigenvalue weighted by atomic mass is 10.0. The van der Waals surface area contributed by atoms with Crippen LogP contribution in [0, 0.1) is 0 Å². The molecule has 0 saturated heterocycles. The van der Waals surface area contributed by atoms with Gasteiger partial charge in [-0.15, -0.1) is 0 Å². The molecular formula is C16H24N4O. The van der Waals surface area contributed by atoms with E-state index in [2.05, 4.69) is 23.0 Å². The van der Waals surface area contributed by atoms with Crippen LogP contribution in [0.2, 0.25) is 0 Å². The van der Waals surface area contributed by atoms with Crippen LogP contribution >= 0.6 is 0 Å². The van der Waals surface area contributed by atoms with Gasteiger partial charge in [-0.3, -0.25) is 4.90 Å². The summed E-state index contributed by atoms with van der Waals surface area (Å²) < 4.78 is 7.75. The van der Waals surface area contributed by atoms with Crippen LogP contribution in [0.1, 0.15) is 24.4 Å². The summed E-state index contributed by atoms with van der Waals surface area (Å²) in [6.45, 7) is 3.92. The predicted octanol–water partition coefficient (Wildman–Crippen LogP) is 1.95. The molecule has 5 heteroatoms. The average molecular weight is 288 g/mol. The molecule has 2 aromatic rings. The Morgan fingerprint density at radius 2 is 2.14 bits per heavy atom. The molecular weight excluding hydrogens is 264 g/mol. The van der Waals surface area contributed by atoms with E-state index in [1.165, 1.54) is 0 Å². The standard InChI is InChI=1S/C16H24N4O/c1-4-21-15-8-6-5-7-13(15)14(11-17)20(3)12-16-18-9-10-19(16)2/h5-10,14H,4,11-12,17H2,1-3H3. The van der Waals surface area contributed by atoms with Crippen LogP contribution in [0.25, 0.3) is 0 Å². The molecule has 0 saturated carbocycles. The molecule has 114 valence electrons. The fourth-order valence-corrected chi connectivity index (χ4v) is 2.47. The highest BCUT2D eigenvalue weighted by molar-refractivity contribution is 5.36. The normalized spacial score (nSPS) is 12.6. The highest BCUT2D eigenvalue weighted by Crippen LogP contribution is 2.28. The zero-order valence-corrected chi connectivity index (χ0v) is 13.0. The first-order chi connectivity index (χ1) is 10.2. The maximum Gasteiger partial charge on any atom is 0.124 e. The summed E-state index contributed by atoms with van der Waals surface area (Å²) in [7, 11) is 4.07. The Kier molecular flexibility index (Phi) is 5.36. The number of rotatable bonds is 7. The van der Waals surface area contributed by atoms with E-state index in [9.17, 15) is 0 Å². The minimum atomic E-state index is 0.101. The first-order valence-electron chi connectivity index (χ1n) is 7.25. The second-order valence-electron chi connectivity index (χ2n) is 5.09. The fourth-order valence-electron chi connectivity index (χ4n) is 2.47. The summed E-state index contributed by atoms with van der Waals surface area (Å²) in [6.07, 6.45) is 3.77. The Labute approximate surface area is 126 Å². The van der Waals surface area contributed by atoms with Gasteiger partial charge in [0, 0.05) is 31.5 Å². The van der Waals surface area contributed by atoms with Gasteiger partial charge >= 0.3 is 0 Å². The number of hydrogen-bond donors (Lipinski definition) is 1. The molecule has 0 bridgehead atoms. The summed E-state index contributed by atoms with van der Waals surface area (Å²) in [6, 6.07) is 8.19. The predicted molar refractivity (Wildman–Crippen MR) is 84.1 cm³/mol. The van der Waals surface area contributed by atoms with Crippen LogP contribution in [0.5, 0.6) is 5.75 Å². The molecule has 2 rings (SSSR count). The topological polar surface area (TPSA) is 56.3 Å². The largest absolute Gasteiger partial charge is 0.494 e. The van der Waals surface area contributed by atoms with E-state index < -0.39 is 0 Å². The van der Waals surface area contributed by atoms with Crippen molar-refractivity contribution in [3.63, 3.8) is 0 Å². The SMILES string of the molecule is CCOc1ccccc1C(CN)N(C)Cc1nccn1C. The molecule has 0 amide bonds. The van der Waals surface area contributed by atoms with Gasteiger partial charge in [-0.25, -0.2) is 4.98 Å². The summed E-state index contributed by atoms with van der Waals surface area (Å²) in [5.41, 5.74) is 7.14. The molecule has 0 aliphatic heterocycles. The summed E-state index contributed by atoms with van der Waals surface area (Å²) in [4.78, 5) is 6.58. The average Bonchev–Trinajstić information content (AvgIpc) is 2.87. The number of benzene rings is 1. The lowest BCUT2D eigenvalue weighted by molar-refractivity contribution is 0.225. The van der Waals surface area contributed by atoms with Crippen LogP contribution in [0.15, 0.2) is 36.7 Å². The van der Waals surface area contributed by atoms with Crippen molar-refractivity contribution in [3.05, 3.63) is 48.0 Å². The smallest absolute Gasteiger partial charge is 0.124 e. The van der Waals surface area contributed by atoms with Crippen LogP contribution in [0.4, 0.5) is 0 Å². The van der Waals surface area contributed by atoms with Crippen molar-refractivity contribution in [1.29, 1.82) is 0 Å². The first kappa shape index (κ1) is 15.5. The molecule has 1 heterocycles. The molecule has 1 aromatic carbocycles. The number of nitrogens with zero attached hydrogens (tertiary/aromatic N) is 3. The zero-order valence-electron chi connectivity index (χ0n) is 13.0. The molecule has 0 spiro atoms. The summed E-state index contributed by atoms with van der Waals surface area (Å²) >= 11 is 0. The van der Waals surface area contributed by atoms with Crippen molar-refractivity contribution < 1.29 is 4.74 Å². The first-order valence-corrected chi connectivity index (χ1v) is 7.25. The van der Waals surface area contributed by atoms with Gasteiger partial charge in [0.2, 0.25) is 0 Å². The van der Waals surface area contributed by atoms with E-state index in [0.717, 1.165) is 23.7 Å². The third-order valence-corrected chi connectivity index (χ3v) is 3.64. The van der Waals surface area contributed by atoms with Crippen LogP contribution in [-0.4, -0.2) is 34.7 Å². The van der Waals surface area contributed by atoms with Gasteiger partial charge in [-0.2, -0.15) is 0 Å². The van der Waals surface area contributed by atoms with Gasteiger partial charge in [0.25, 0.3) is 0 Å². The molecule has 5 nitrogen and oxygen atoms in total.